The van der Waals surface area contributed by atoms with Gasteiger partial charge in [0.05, 0.1) is 16.8 Å². The van der Waals surface area contributed by atoms with Crippen molar-refractivity contribution in [2.24, 2.45) is 11.1 Å². The third-order valence-corrected chi connectivity index (χ3v) is 5.99. The van der Waals surface area contributed by atoms with Gasteiger partial charge in [0, 0.05) is 18.7 Å². The molecule has 0 aliphatic heterocycles. The van der Waals surface area contributed by atoms with E-state index in [1.165, 1.54) is 6.20 Å². The lowest BCUT2D eigenvalue weighted by atomic mass is 9.75. The number of nitrogens with one attached hydrogen (secondary N) is 1. The number of nitrogens with two attached hydrogens (primary N) is 1. The van der Waals surface area contributed by atoms with E-state index in [1.807, 2.05) is 13.8 Å². The molecule has 1 fully saturated rings. The predicted molar refractivity (Wildman–Crippen MR) is 110 cm³/mol. The molecule has 1 saturated carbocycles. The van der Waals surface area contributed by atoms with Crippen LogP contribution in [-0.4, -0.2) is 37.5 Å². The van der Waals surface area contributed by atoms with Crippen LogP contribution in [0.3, 0.4) is 0 Å². The minimum Gasteiger partial charge on any atom is -0.367 e. The fourth-order valence-electron chi connectivity index (χ4n) is 4.52. The van der Waals surface area contributed by atoms with Crippen molar-refractivity contribution in [2.75, 3.05) is 5.32 Å². The molecule has 0 bridgehead atoms. The van der Waals surface area contributed by atoms with E-state index in [2.05, 4.69) is 20.4 Å². The Hall–Kier alpha value is -2.98. The highest BCUT2D eigenvalue weighted by Gasteiger charge is 2.45. The minimum atomic E-state index is -4.80. The van der Waals surface area contributed by atoms with Gasteiger partial charge in [-0.3, -0.25) is 9.59 Å². The number of rotatable bonds is 4. The largest absolute Gasteiger partial charge is 0.435 e. The molecule has 0 saturated heterocycles. The standard InChI is InChI=1S/C21H25F3N6O2/c1-20(2)8-13-15(14(31)9-20)16(21(22,23)24)29-30(13)19-26-10-12(17(25)32)18(28-19)27-11-6-4-3-5-7-11/h10-11H,3-9H2,1-2H3,(H2,25,32)(H,26,27,28). The fraction of sp³-hybridized carbons (Fsp3) is 0.571. The number of primary amides is 1. The van der Waals surface area contributed by atoms with Crippen molar-refractivity contribution >= 4 is 17.5 Å². The number of hydrogen-bond acceptors (Lipinski definition) is 6. The van der Waals surface area contributed by atoms with Gasteiger partial charge in [0.1, 0.15) is 5.82 Å². The number of nitrogens with zero attached hydrogens (tertiary/aromatic N) is 4. The molecule has 2 aromatic heterocycles. The molecule has 2 heterocycles. The van der Waals surface area contributed by atoms with Gasteiger partial charge in [-0.05, 0) is 24.7 Å². The first-order chi connectivity index (χ1) is 15.0. The second kappa shape index (κ2) is 7.86. The maximum Gasteiger partial charge on any atom is 0.435 e. The van der Waals surface area contributed by atoms with Crippen LogP contribution >= 0.6 is 0 Å². The normalized spacial score (nSPS) is 19.0. The van der Waals surface area contributed by atoms with Crippen LogP contribution in [0.4, 0.5) is 19.0 Å². The van der Waals surface area contributed by atoms with Crippen molar-refractivity contribution < 1.29 is 22.8 Å². The molecule has 11 heteroatoms. The molecule has 2 aliphatic carbocycles. The summed E-state index contributed by atoms with van der Waals surface area (Å²) in [4.78, 5) is 32.9. The Bertz CT molecular complexity index is 1070. The molecule has 0 unspecified atom stereocenters. The molecule has 3 N–H and O–H groups in total. The molecular formula is C21H25F3N6O2. The topological polar surface area (TPSA) is 116 Å². The monoisotopic (exact) mass is 450 g/mol. The molecule has 1 amide bonds. The lowest BCUT2D eigenvalue weighted by Crippen LogP contribution is -2.29. The first-order valence-corrected chi connectivity index (χ1v) is 10.6. The number of amides is 1. The van der Waals surface area contributed by atoms with E-state index < -0.39 is 34.5 Å². The summed E-state index contributed by atoms with van der Waals surface area (Å²) < 4.78 is 42.0. The van der Waals surface area contributed by atoms with Crippen molar-refractivity contribution in [1.29, 1.82) is 0 Å². The van der Waals surface area contributed by atoms with Crippen LogP contribution in [0.15, 0.2) is 6.20 Å². The van der Waals surface area contributed by atoms with Gasteiger partial charge in [-0.15, -0.1) is 0 Å². The summed E-state index contributed by atoms with van der Waals surface area (Å²) in [5.74, 6) is -1.34. The Morgan fingerprint density at radius 3 is 2.53 bits per heavy atom. The summed E-state index contributed by atoms with van der Waals surface area (Å²) in [6.07, 6.45) is 1.52. The van der Waals surface area contributed by atoms with Gasteiger partial charge in [0.2, 0.25) is 0 Å². The van der Waals surface area contributed by atoms with Gasteiger partial charge < -0.3 is 11.1 Å². The van der Waals surface area contributed by atoms with E-state index >= 15 is 0 Å². The molecular weight excluding hydrogens is 425 g/mol. The second-order valence-electron chi connectivity index (χ2n) is 9.30. The highest BCUT2D eigenvalue weighted by molar-refractivity contribution is 6.00. The lowest BCUT2D eigenvalue weighted by molar-refractivity contribution is -0.141. The number of hydrogen-bond donors (Lipinski definition) is 2. The number of anilines is 1. The van der Waals surface area contributed by atoms with Crippen molar-refractivity contribution in [2.45, 2.75) is 71.0 Å². The Balaban J connectivity index is 1.83. The van der Waals surface area contributed by atoms with Crippen LogP contribution in [0.2, 0.25) is 0 Å². The molecule has 32 heavy (non-hydrogen) atoms. The molecule has 2 aliphatic rings. The van der Waals surface area contributed by atoms with Gasteiger partial charge in [0.25, 0.3) is 11.9 Å². The summed E-state index contributed by atoms with van der Waals surface area (Å²) >= 11 is 0. The molecule has 4 rings (SSSR count). The summed E-state index contributed by atoms with van der Waals surface area (Å²) in [5.41, 5.74) is 3.42. The third-order valence-electron chi connectivity index (χ3n) is 5.99. The summed E-state index contributed by atoms with van der Waals surface area (Å²) in [5, 5.41) is 6.91. The summed E-state index contributed by atoms with van der Waals surface area (Å²) in [7, 11) is 0. The van der Waals surface area contributed by atoms with Crippen LogP contribution < -0.4 is 11.1 Å². The van der Waals surface area contributed by atoms with Gasteiger partial charge in [-0.25, -0.2) is 9.67 Å². The van der Waals surface area contributed by atoms with Gasteiger partial charge in [-0.2, -0.15) is 23.3 Å². The highest BCUT2D eigenvalue weighted by Crippen LogP contribution is 2.41. The SMILES string of the molecule is CC1(C)CC(=O)c2c(C(F)(F)F)nn(-c3ncc(C(N)=O)c(NC4CCCCC4)n3)c2C1. The molecule has 172 valence electrons. The lowest BCUT2D eigenvalue weighted by Gasteiger charge is -2.29. The maximum atomic E-state index is 13.7. The van der Waals surface area contributed by atoms with Crippen LogP contribution in [0.25, 0.3) is 5.95 Å². The molecule has 2 aromatic rings. The smallest absolute Gasteiger partial charge is 0.367 e. The third kappa shape index (κ3) is 4.20. The summed E-state index contributed by atoms with van der Waals surface area (Å²) in [6, 6.07) is 0.0717. The number of aromatic nitrogens is 4. The van der Waals surface area contributed by atoms with Crippen LogP contribution in [0.5, 0.6) is 0 Å². The quantitative estimate of drug-likeness (QED) is 0.734. The molecule has 0 spiro atoms. The Morgan fingerprint density at radius 1 is 1.22 bits per heavy atom. The Labute approximate surface area is 182 Å². The van der Waals surface area contributed by atoms with Gasteiger partial charge in [0.15, 0.2) is 11.5 Å². The molecule has 0 radical (unpaired) electrons. The van der Waals surface area contributed by atoms with Crippen molar-refractivity contribution in [3.05, 3.63) is 28.7 Å². The van der Waals surface area contributed by atoms with Crippen molar-refractivity contribution in [1.82, 2.24) is 19.7 Å². The van der Waals surface area contributed by atoms with Gasteiger partial charge >= 0.3 is 6.18 Å². The van der Waals surface area contributed by atoms with E-state index in [4.69, 9.17) is 5.73 Å². The number of carbonyl (C=O) groups is 2. The zero-order valence-corrected chi connectivity index (χ0v) is 17.9. The number of Topliss-reactive ketones (excluding diaryl/α,β-unsaturated/α-hetero) is 1. The Morgan fingerprint density at radius 2 is 1.91 bits per heavy atom. The second-order valence-corrected chi connectivity index (χ2v) is 9.30. The van der Waals surface area contributed by atoms with Crippen molar-refractivity contribution in [3.63, 3.8) is 0 Å². The fourth-order valence-corrected chi connectivity index (χ4v) is 4.52. The first kappa shape index (κ1) is 22.2. The van der Waals surface area contributed by atoms with E-state index in [0.29, 0.717) is 0 Å². The summed E-state index contributed by atoms with van der Waals surface area (Å²) in [6.45, 7) is 3.62. The number of fused-ring (bicyclic) bond motifs is 1. The molecule has 8 nitrogen and oxygen atoms in total. The number of alkyl halides is 3. The van der Waals surface area contributed by atoms with Crippen molar-refractivity contribution in [3.8, 4) is 5.95 Å². The van der Waals surface area contributed by atoms with E-state index in [-0.39, 0.29) is 41.9 Å². The first-order valence-electron chi connectivity index (χ1n) is 10.6. The van der Waals surface area contributed by atoms with Crippen LogP contribution in [0.1, 0.15) is 84.5 Å². The van der Waals surface area contributed by atoms with E-state index in [1.54, 1.807) is 0 Å². The van der Waals surface area contributed by atoms with Crippen LogP contribution in [-0.2, 0) is 12.6 Å². The zero-order chi connectivity index (χ0) is 23.3. The number of carbonyl (C=O) groups excluding carboxylic acids is 2. The van der Waals surface area contributed by atoms with E-state index in [9.17, 15) is 22.8 Å². The number of halogens is 3. The predicted octanol–water partition coefficient (Wildman–Crippen LogP) is 3.68. The zero-order valence-electron chi connectivity index (χ0n) is 17.9. The van der Waals surface area contributed by atoms with E-state index in [0.717, 1.165) is 36.8 Å². The minimum absolute atomic E-state index is 0.00920. The molecule has 0 aromatic carbocycles. The maximum absolute atomic E-state index is 13.7. The van der Waals surface area contributed by atoms with Gasteiger partial charge in [-0.1, -0.05) is 33.1 Å². The highest BCUT2D eigenvalue weighted by atomic mass is 19.4. The van der Waals surface area contributed by atoms with Crippen LogP contribution in [0, 0.1) is 5.41 Å². The average Bonchev–Trinajstić information content (AvgIpc) is 3.07. The molecule has 0 atom stereocenters. The number of ketones is 1. The Kier molecular flexibility index (Phi) is 5.46. The average molecular weight is 450 g/mol.